The molecule has 3 nitrogen and oxygen atoms in total. The van der Waals surface area contributed by atoms with Crippen LogP contribution in [0.4, 0.5) is 0 Å². The van der Waals surface area contributed by atoms with Crippen LogP contribution in [-0.4, -0.2) is 18.0 Å². The Bertz CT molecular complexity index is 432. The number of nitrogens with two attached hydrogens (primary N) is 1. The third-order valence-corrected chi connectivity index (χ3v) is 4.63. The maximum Gasteiger partial charge on any atom is 0.224 e. The second kappa shape index (κ2) is 6.89. The van der Waals surface area contributed by atoms with Crippen LogP contribution in [0.3, 0.4) is 0 Å². The van der Waals surface area contributed by atoms with Crippen molar-refractivity contribution in [3.05, 3.63) is 35.9 Å². The van der Waals surface area contributed by atoms with Crippen LogP contribution in [0, 0.1) is 5.92 Å². The summed E-state index contributed by atoms with van der Waals surface area (Å²) in [6, 6.07) is 9.84. The Morgan fingerprint density at radius 1 is 1.35 bits per heavy atom. The summed E-state index contributed by atoms with van der Waals surface area (Å²) < 4.78 is 0. The predicted molar refractivity (Wildman–Crippen MR) is 82.3 cm³/mol. The number of carbonyl (C=O) groups excluding carboxylic acids is 1. The highest BCUT2D eigenvalue weighted by molar-refractivity contribution is 5.78. The molecule has 3 N–H and O–H groups in total. The molecule has 0 bridgehead atoms. The van der Waals surface area contributed by atoms with Crippen LogP contribution in [-0.2, 0) is 11.2 Å². The van der Waals surface area contributed by atoms with Gasteiger partial charge in [-0.3, -0.25) is 4.79 Å². The molecule has 20 heavy (non-hydrogen) atoms. The average molecular weight is 274 g/mol. The van der Waals surface area contributed by atoms with Crippen LogP contribution in [0.25, 0.3) is 0 Å². The highest BCUT2D eigenvalue weighted by Crippen LogP contribution is 2.33. The topological polar surface area (TPSA) is 55.1 Å². The van der Waals surface area contributed by atoms with Gasteiger partial charge in [0.15, 0.2) is 0 Å². The van der Waals surface area contributed by atoms with Gasteiger partial charge in [0.1, 0.15) is 0 Å². The number of benzene rings is 1. The summed E-state index contributed by atoms with van der Waals surface area (Å²) in [6.07, 6.45) is 6.15. The van der Waals surface area contributed by atoms with Crippen molar-refractivity contribution in [1.29, 1.82) is 0 Å². The molecule has 3 heteroatoms. The van der Waals surface area contributed by atoms with Crippen molar-refractivity contribution in [3.8, 4) is 0 Å². The highest BCUT2D eigenvalue weighted by atomic mass is 16.1. The molecule has 0 aromatic heterocycles. The Morgan fingerprint density at radius 2 is 2.10 bits per heavy atom. The van der Waals surface area contributed by atoms with E-state index in [2.05, 4.69) is 12.2 Å². The molecule has 1 aromatic rings. The smallest absolute Gasteiger partial charge is 0.224 e. The second-order valence-electron chi connectivity index (χ2n) is 6.14. The summed E-state index contributed by atoms with van der Waals surface area (Å²) in [4.78, 5) is 11.9. The van der Waals surface area contributed by atoms with E-state index >= 15 is 0 Å². The number of hydrogen-bond donors (Lipinski definition) is 2. The number of nitrogens with one attached hydrogen (secondary N) is 1. The van der Waals surface area contributed by atoms with Crippen LogP contribution in [0.1, 0.15) is 44.6 Å². The van der Waals surface area contributed by atoms with Crippen LogP contribution in [0.5, 0.6) is 0 Å². The molecule has 1 aliphatic rings. The lowest BCUT2D eigenvalue weighted by Crippen LogP contribution is -2.50. The van der Waals surface area contributed by atoms with E-state index in [-0.39, 0.29) is 11.4 Å². The van der Waals surface area contributed by atoms with Crippen LogP contribution in [0.15, 0.2) is 30.3 Å². The van der Waals surface area contributed by atoms with Crippen molar-refractivity contribution in [2.75, 3.05) is 6.54 Å². The first-order chi connectivity index (χ1) is 9.60. The van der Waals surface area contributed by atoms with Gasteiger partial charge in [0.25, 0.3) is 0 Å². The molecule has 2 unspecified atom stereocenters. The predicted octanol–water partition coefficient (Wildman–Crippen LogP) is 2.64. The minimum absolute atomic E-state index is 0.0850. The Labute approximate surface area is 121 Å². The van der Waals surface area contributed by atoms with Gasteiger partial charge in [-0.25, -0.2) is 0 Å². The Morgan fingerprint density at radius 3 is 2.80 bits per heavy atom. The Balaban J connectivity index is 1.74. The SMILES string of the molecule is CC1CCCCC1(N)CCNC(=O)Cc1ccccc1. The van der Waals surface area contributed by atoms with Gasteiger partial charge >= 0.3 is 0 Å². The molecule has 0 spiro atoms. The molecule has 2 atom stereocenters. The largest absolute Gasteiger partial charge is 0.356 e. The molecule has 1 saturated carbocycles. The van der Waals surface area contributed by atoms with Gasteiger partial charge in [-0.05, 0) is 30.7 Å². The maximum atomic E-state index is 11.9. The normalized spacial score (nSPS) is 26.2. The summed E-state index contributed by atoms with van der Waals surface area (Å²) >= 11 is 0. The maximum absolute atomic E-state index is 11.9. The summed E-state index contributed by atoms with van der Waals surface area (Å²) in [5.74, 6) is 0.644. The highest BCUT2D eigenvalue weighted by Gasteiger charge is 2.33. The summed E-state index contributed by atoms with van der Waals surface area (Å²) in [7, 11) is 0. The van der Waals surface area contributed by atoms with Gasteiger partial charge in [0.2, 0.25) is 5.91 Å². The zero-order chi connectivity index (χ0) is 14.4. The number of carbonyl (C=O) groups is 1. The molecule has 2 rings (SSSR count). The molecule has 1 amide bonds. The molecule has 0 aliphatic heterocycles. The number of amides is 1. The van der Waals surface area contributed by atoms with Gasteiger partial charge in [0, 0.05) is 12.1 Å². The van der Waals surface area contributed by atoms with E-state index in [1.807, 2.05) is 30.3 Å². The zero-order valence-corrected chi connectivity index (χ0v) is 12.4. The summed E-state index contributed by atoms with van der Waals surface area (Å²) in [5, 5.41) is 3.01. The first kappa shape index (κ1) is 15.0. The second-order valence-corrected chi connectivity index (χ2v) is 6.14. The Hall–Kier alpha value is -1.35. The van der Waals surface area contributed by atoms with Crippen molar-refractivity contribution in [1.82, 2.24) is 5.32 Å². The standard InChI is InChI=1S/C17H26N2O/c1-14-7-5-6-10-17(14,18)11-12-19-16(20)13-15-8-3-2-4-9-15/h2-4,8-9,14H,5-7,10-13,18H2,1H3,(H,19,20). The van der Waals surface area contributed by atoms with Gasteiger partial charge in [0.05, 0.1) is 6.42 Å². The summed E-state index contributed by atoms with van der Waals surface area (Å²) in [6.45, 7) is 2.93. The van der Waals surface area contributed by atoms with Gasteiger partial charge < -0.3 is 11.1 Å². The van der Waals surface area contributed by atoms with E-state index < -0.39 is 0 Å². The van der Waals surface area contributed by atoms with Gasteiger partial charge in [-0.1, -0.05) is 50.1 Å². The summed E-state index contributed by atoms with van der Waals surface area (Å²) in [5.41, 5.74) is 7.46. The fourth-order valence-electron chi connectivity index (χ4n) is 3.09. The van der Waals surface area contributed by atoms with E-state index in [0.29, 0.717) is 18.9 Å². The van der Waals surface area contributed by atoms with E-state index in [0.717, 1.165) is 18.4 Å². The third-order valence-electron chi connectivity index (χ3n) is 4.63. The quantitative estimate of drug-likeness (QED) is 0.867. The van der Waals surface area contributed by atoms with E-state index in [1.54, 1.807) is 0 Å². The van der Waals surface area contributed by atoms with Crippen molar-refractivity contribution >= 4 is 5.91 Å². The average Bonchev–Trinajstić information content (AvgIpc) is 2.43. The van der Waals surface area contributed by atoms with Crippen molar-refractivity contribution in [2.24, 2.45) is 11.7 Å². The monoisotopic (exact) mass is 274 g/mol. The molecule has 1 aliphatic carbocycles. The van der Waals surface area contributed by atoms with Crippen LogP contribution >= 0.6 is 0 Å². The molecule has 0 heterocycles. The molecule has 1 aromatic carbocycles. The fraction of sp³-hybridized carbons (Fsp3) is 0.588. The molecular weight excluding hydrogens is 248 g/mol. The third kappa shape index (κ3) is 4.07. The number of hydrogen-bond acceptors (Lipinski definition) is 2. The lowest BCUT2D eigenvalue weighted by atomic mass is 9.72. The molecule has 1 fully saturated rings. The van der Waals surface area contributed by atoms with E-state index in [4.69, 9.17) is 5.73 Å². The van der Waals surface area contributed by atoms with Crippen LogP contribution < -0.4 is 11.1 Å². The van der Waals surface area contributed by atoms with E-state index in [1.165, 1.54) is 19.3 Å². The first-order valence-electron chi connectivity index (χ1n) is 7.70. The number of rotatable bonds is 5. The van der Waals surface area contributed by atoms with Crippen LogP contribution in [0.2, 0.25) is 0 Å². The van der Waals surface area contributed by atoms with Crippen molar-refractivity contribution in [3.63, 3.8) is 0 Å². The lowest BCUT2D eigenvalue weighted by Gasteiger charge is -2.39. The molecule has 110 valence electrons. The minimum atomic E-state index is -0.0850. The van der Waals surface area contributed by atoms with Gasteiger partial charge in [-0.15, -0.1) is 0 Å². The molecular formula is C17H26N2O. The molecule has 0 radical (unpaired) electrons. The lowest BCUT2D eigenvalue weighted by molar-refractivity contribution is -0.120. The van der Waals surface area contributed by atoms with Gasteiger partial charge in [-0.2, -0.15) is 0 Å². The molecule has 0 saturated heterocycles. The zero-order valence-electron chi connectivity index (χ0n) is 12.4. The van der Waals surface area contributed by atoms with Crippen molar-refractivity contribution < 1.29 is 4.79 Å². The first-order valence-corrected chi connectivity index (χ1v) is 7.70. The fourth-order valence-corrected chi connectivity index (χ4v) is 3.09. The minimum Gasteiger partial charge on any atom is -0.356 e. The van der Waals surface area contributed by atoms with Crippen molar-refractivity contribution in [2.45, 2.75) is 51.0 Å². The van der Waals surface area contributed by atoms with E-state index in [9.17, 15) is 4.79 Å². The Kier molecular flexibility index (Phi) is 5.18.